The lowest BCUT2D eigenvalue weighted by Gasteiger charge is -2.32. The monoisotopic (exact) mass is 348 g/mol. The molecule has 2 rings (SSSR count). The van der Waals surface area contributed by atoms with E-state index in [1.807, 2.05) is 34.6 Å². The van der Waals surface area contributed by atoms with Crippen molar-refractivity contribution in [1.82, 2.24) is 5.32 Å². The summed E-state index contributed by atoms with van der Waals surface area (Å²) in [6.07, 6.45) is 1.79. The first-order valence-electron chi connectivity index (χ1n) is 8.29. The Balaban J connectivity index is 2.40. The normalized spacial score (nSPS) is 19.2. The number of rotatable bonds is 4. The quantitative estimate of drug-likeness (QED) is 0.648. The molecule has 136 valence electrons. The lowest BCUT2D eigenvalue weighted by molar-refractivity contribution is -0.118. The van der Waals surface area contributed by atoms with E-state index < -0.39 is 24.1 Å². The zero-order chi connectivity index (χ0) is 19.0. The minimum atomic E-state index is -0.628. The van der Waals surface area contributed by atoms with Crippen molar-refractivity contribution in [2.75, 3.05) is 12.3 Å². The van der Waals surface area contributed by atoms with Crippen LogP contribution in [0.3, 0.4) is 0 Å². The third kappa shape index (κ3) is 4.22. The van der Waals surface area contributed by atoms with E-state index in [0.29, 0.717) is 11.0 Å². The van der Waals surface area contributed by atoms with Crippen molar-refractivity contribution in [3.8, 4) is 0 Å². The molecule has 1 amide bonds. The Kier molecular flexibility index (Phi) is 5.30. The van der Waals surface area contributed by atoms with Crippen LogP contribution in [-0.2, 0) is 14.1 Å². The van der Waals surface area contributed by atoms with Gasteiger partial charge in [0.25, 0.3) is 0 Å². The van der Waals surface area contributed by atoms with Crippen molar-refractivity contribution in [3.05, 3.63) is 34.5 Å². The van der Waals surface area contributed by atoms with Crippen molar-refractivity contribution >= 4 is 24.8 Å². The van der Waals surface area contributed by atoms with Gasteiger partial charge in [-0.15, -0.1) is 0 Å². The second kappa shape index (κ2) is 6.80. The van der Waals surface area contributed by atoms with Gasteiger partial charge >= 0.3 is 7.12 Å². The minimum absolute atomic E-state index is 0.105. The predicted molar refractivity (Wildman–Crippen MR) is 98.3 cm³/mol. The molecule has 0 atom stereocenters. The Morgan fingerprint density at radius 1 is 1.28 bits per heavy atom. The van der Waals surface area contributed by atoms with E-state index in [1.165, 1.54) is 13.0 Å². The molecule has 0 aromatic heterocycles. The molecule has 0 saturated carbocycles. The number of hydrogen-bond acceptors (Lipinski definition) is 4. The van der Waals surface area contributed by atoms with Crippen LogP contribution >= 0.6 is 0 Å². The molecule has 0 unspecified atom stereocenters. The van der Waals surface area contributed by atoms with Gasteiger partial charge in [-0.3, -0.25) is 4.79 Å². The van der Waals surface area contributed by atoms with Crippen molar-refractivity contribution in [3.63, 3.8) is 0 Å². The summed E-state index contributed by atoms with van der Waals surface area (Å²) in [6, 6.07) is 2.96. The van der Waals surface area contributed by atoms with Gasteiger partial charge < -0.3 is 20.4 Å². The van der Waals surface area contributed by atoms with Gasteiger partial charge in [-0.2, -0.15) is 0 Å². The van der Waals surface area contributed by atoms with E-state index in [1.54, 1.807) is 12.1 Å². The average molecular weight is 348 g/mol. The Morgan fingerprint density at radius 2 is 1.84 bits per heavy atom. The second-order valence-electron chi connectivity index (χ2n) is 7.45. The number of amides is 1. The molecular formula is C18H26BFN2O3. The number of nitrogen functional groups attached to an aromatic ring is 1. The van der Waals surface area contributed by atoms with E-state index in [9.17, 15) is 9.18 Å². The molecule has 1 saturated heterocycles. The Hall–Kier alpha value is -1.86. The number of carbonyl (C=O) groups excluding carboxylic acids is 1. The molecule has 0 bridgehead atoms. The highest BCUT2D eigenvalue weighted by molar-refractivity contribution is 6.56. The average Bonchev–Trinajstić information content (AvgIpc) is 2.68. The highest BCUT2D eigenvalue weighted by atomic mass is 19.1. The van der Waals surface area contributed by atoms with Crippen LogP contribution in [0.15, 0.2) is 17.6 Å². The van der Waals surface area contributed by atoms with Gasteiger partial charge in [0.05, 0.1) is 16.9 Å². The Labute approximate surface area is 148 Å². The summed E-state index contributed by atoms with van der Waals surface area (Å²) in [5, 5.41) is 2.76. The fraction of sp³-hybridized carbons (Fsp3) is 0.500. The first-order chi connectivity index (χ1) is 11.4. The summed E-state index contributed by atoms with van der Waals surface area (Å²) in [5.41, 5.74) is 6.91. The number of nitrogens with one attached hydrogen (secondary N) is 1. The SMILES string of the molecule is CC(=O)NCC(=Cc1cc(F)c(N)cc1C)B1OC(C)(C)C(C)(C)O1. The number of anilines is 1. The van der Waals surface area contributed by atoms with Crippen LogP contribution < -0.4 is 11.1 Å². The molecule has 1 heterocycles. The molecule has 5 nitrogen and oxygen atoms in total. The van der Waals surface area contributed by atoms with Gasteiger partial charge in [0, 0.05) is 13.5 Å². The molecule has 0 aliphatic carbocycles. The van der Waals surface area contributed by atoms with E-state index >= 15 is 0 Å². The third-order valence-corrected chi connectivity index (χ3v) is 4.82. The minimum Gasteiger partial charge on any atom is -0.400 e. The van der Waals surface area contributed by atoms with Crippen LogP contribution in [0.4, 0.5) is 10.1 Å². The molecule has 1 aromatic carbocycles. The first-order valence-corrected chi connectivity index (χ1v) is 8.29. The maximum absolute atomic E-state index is 13.9. The summed E-state index contributed by atoms with van der Waals surface area (Å²) in [6.45, 7) is 11.4. The van der Waals surface area contributed by atoms with E-state index in [0.717, 1.165) is 5.56 Å². The van der Waals surface area contributed by atoms with Gasteiger partial charge in [0.1, 0.15) is 5.82 Å². The molecule has 1 fully saturated rings. The highest BCUT2D eigenvalue weighted by Crippen LogP contribution is 2.38. The van der Waals surface area contributed by atoms with Gasteiger partial charge in [-0.1, -0.05) is 6.08 Å². The van der Waals surface area contributed by atoms with Crippen LogP contribution in [0.1, 0.15) is 45.7 Å². The zero-order valence-electron chi connectivity index (χ0n) is 15.7. The van der Waals surface area contributed by atoms with Crippen LogP contribution in [0, 0.1) is 12.7 Å². The molecular weight excluding hydrogens is 322 g/mol. The lowest BCUT2D eigenvalue weighted by Crippen LogP contribution is -2.41. The van der Waals surface area contributed by atoms with E-state index in [-0.39, 0.29) is 18.1 Å². The summed E-state index contributed by atoms with van der Waals surface area (Å²) in [7, 11) is -0.628. The van der Waals surface area contributed by atoms with Crippen molar-refractivity contribution in [2.45, 2.75) is 52.7 Å². The molecule has 3 N–H and O–H groups in total. The smallest absolute Gasteiger partial charge is 0.400 e. The van der Waals surface area contributed by atoms with Crippen LogP contribution in [0.2, 0.25) is 0 Å². The maximum atomic E-state index is 13.9. The van der Waals surface area contributed by atoms with Crippen molar-refractivity contribution in [2.24, 2.45) is 0 Å². The Bertz CT molecular complexity index is 701. The Morgan fingerprint density at radius 3 is 2.36 bits per heavy atom. The van der Waals surface area contributed by atoms with Crippen LogP contribution in [0.25, 0.3) is 6.08 Å². The van der Waals surface area contributed by atoms with Crippen LogP contribution in [-0.4, -0.2) is 30.8 Å². The topological polar surface area (TPSA) is 73.6 Å². The molecule has 1 aliphatic heterocycles. The molecule has 0 spiro atoms. The zero-order valence-corrected chi connectivity index (χ0v) is 15.7. The van der Waals surface area contributed by atoms with Gasteiger partial charge in [0.15, 0.2) is 0 Å². The maximum Gasteiger partial charge on any atom is 0.492 e. The predicted octanol–water partition coefficient (Wildman–Crippen LogP) is 2.87. The highest BCUT2D eigenvalue weighted by Gasteiger charge is 2.52. The first kappa shape index (κ1) is 19.5. The number of aryl methyl sites for hydroxylation is 1. The third-order valence-electron chi connectivity index (χ3n) is 4.82. The number of halogens is 1. The molecule has 25 heavy (non-hydrogen) atoms. The number of carbonyl (C=O) groups is 1. The molecule has 0 radical (unpaired) electrons. The number of hydrogen-bond donors (Lipinski definition) is 2. The fourth-order valence-corrected chi connectivity index (χ4v) is 2.50. The molecule has 1 aliphatic rings. The summed E-state index contributed by atoms with van der Waals surface area (Å²) in [4.78, 5) is 11.3. The largest absolute Gasteiger partial charge is 0.492 e. The summed E-state index contributed by atoms with van der Waals surface area (Å²) >= 11 is 0. The molecule has 7 heteroatoms. The van der Waals surface area contributed by atoms with Crippen LogP contribution in [0.5, 0.6) is 0 Å². The number of benzene rings is 1. The van der Waals surface area contributed by atoms with Gasteiger partial charge in [0.2, 0.25) is 5.91 Å². The standard InChI is InChI=1S/C18H26BFN2O3/c1-11-7-16(21)15(20)9-13(11)8-14(10-22-12(2)23)19-24-17(3,4)18(5,6)25-19/h7-9H,10,21H2,1-6H3,(H,22,23). The van der Waals surface area contributed by atoms with E-state index in [2.05, 4.69) is 5.32 Å². The lowest BCUT2D eigenvalue weighted by atomic mass is 9.76. The van der Waals surface area contributed by atoms with Crippen molar-refractivity contribution in [1.29, 1.82) is 0 Å². The molecule has 1 aromatic rings. The number of nitrogens with two attached hydrogens (primary N) is 1. The van der Waals surface area contributed by atoms with E-state index in [4.69, 9.17) is 15.0 Å². The van der Waals surface area contributed by atoms with Gasteiger partial charge in [-0.05, 0) is 63.4 Å². The summed E-state index contributed by atoms with van der Waals surface area (Å²) in [5.74, 6) is -0.646. The fourth-order valence-electron chi connectivity index (χ4n) is 2.50. The van der Waals surface area contributed by atoms with Gasteiger partial charge in [-0.25, -0.2) is 4.39 Å². The summed E-state index contributed by atoms with van der Waals surface area (Å²) < 4.78 is 26.0. The van der Waals surface area contributed by atoms with Crippen molar-refractivity contribution < 1.29 is 18.5 Å². The second-order valence-corrected chi connectivity index (χ2v) is 7.45.